The van der Waals surface area contributed by atoms with Crippen LogP contribution in [0.5, 0.6) is 0 Å². The quantitative estimate of drug-likeness (QED) is 0.113. The first-order valence-corrected chi connectivity index (χ1v) is 28.2. The summed E-state index contributed by atoms with van der Waals surface area (Å²) in [6, 6.07) is 35.1. The van der Waals surface area contributed by atoms with E-state index in [9.17, 15) is 4.39 Å². The van der Waals surface area contributed by atoms with E-state index >= 15 is 0 Å². The van der Waals surface area contributed by atoms with E-state index < -0.39 is 25.9 Å². The van der Waals surface area contributed by atoms with Crippen molar-refractivity contribution in [2.75, 3.05) is 4.90 Å². The van der Waals surface area contributed by atoms with E-state index in [2.05, 4.69) is 154 Å². The molecule has 3 aromatic heterocycles. The topological polar surface area (TPSA) is 43.1 Å². The smallest absolute Gasteiger partial charge is 3.00 e. The van der Waals surface area contributed by atoms with Crippen molar-refractivity contribution < 1.29 is 28.6 Å². The number of benzene rings is 4. The average Bonchev–Trinajstić information content (AvgIpc) is 3.77. The SMILES string of the molecule is CCc1ccc2c(n1)sc1c[c-]c(C3[N-]c4ccccc4N3c3c(C(C)C)cccc3C(C)C)cc12.[2H]C([2H])([2H])c1cc[c-]c(-c2cc(C(C)C)[c]([Ge]([CH3])([CH3])[CH3])cn2)c1F.[Ir+3]. The van der Waals surface area contributed by atoms with Crippen LogP contribution in [0.15, 0.2) is 91.1 Å². The normalized spacial score (nSPS) is 14.8. The van der Waals surface area contributed by atoms with Crippen LogP contribution in [-0.2, 0) is 26.5 Å². The zero-order chi connectivity index (χ0) is 43.3. The van der Waals surface area contributed by atoms with Crippen LogP contribution in [-0.4, -0.2) is 23.2 Å². The first-order chi connectivity index (χ1) is 28.4. The molecular formula is C50H54FGeIrN4S. The molecule has 0 saturated heterocycles. The predicted octanol–water partition coefficient (Wildman–Crippen LogP) is 14.6. The van der Waals surface area contributed by atoms with Crippen molar-refractivity contribution in [1.29, 1.82) is 0 Å². The molecule has 0 spiro atoms. The van der Waals surface area contributed by atoms with E-state index in [0.717, 1.165) is 33.9 Å². The van der Waals surface area contributed by atoms with Crippen LogP contribution >= 0.6 is 11.3 Å². The van der Waals surface area contributed by atoms with Crippen molar-refractivity contribution in [1.82, 2.24) is 9.97 Å². The maximum Gasteiger partial charge on any atom is 3.00 e. The number of pyridine rings is 2. The first-order valence-electron chi connectivity index (χ1n) is 21.6. The molecule has 0 saturated carbocycles. The van der Waals surface area contributed by atoms with Gasteiger partial charge in [0.1, 0.15) is 4.83 Å². The van der Waals surface area contributed by atoms with Gasteiger partial charge in [-0.1, -0.05) is 81.8 Å². The third-order valence-electron chi connectivity index (χ3n) is 10.8. The number of hydrogen-bond acceptors (Lipinski definition) is 4. The molecule has 1 atom stereocenters. The molecule has 4 aromatic carbocycles. The molecule has 58 heavy (non-hydrogen) atoms. The summed E-state index contributed by atoms with van der Waals surface area (Å²) >= 11 is -0.347. The number of hydrogen-bond donors (Lipinski definition) is 0. The second kappa shape index (κ2) is 17.8. The number of aromatic nitrogens is 2. The van der Waals surface area contributed by atoms with E-state index in [4.69, 9.17) is 14.4 Å². The standard InChI is InChI=1S/C32H31N3S.C18H23FGeN.Ir/c1-6-22-15-16-25-26-18-21(14-17-29(26)36-32(25)33-22)31-34-27-12-7-8-13-28(27)35(31)30-23(19(2)3)10-9-11-24(30)20(4)5;1-12(2)15-10-17(21-11-16(15)20(4,5)6)14-9-7-8-13(3)18(14)19;/h7-13,15-20,31H,6H2,1-5H3;7-8,10-12H,1-6H3;/q-2;-1;+3/i;3D3;. The number of halogens is 1. The minimum Gasteiger partial charge on any atom is 3.00 e. The van der Waals surface area contributed by atoms with Crippen LogP contribution in [0.2, 0.25) is 17.3 Å². The summed E-state index contributed by atoms with van der Waals surface area (Å²) in [5.41, 5.74) is 9.87. The van der Waals surface area contributed by atoms with Crippen LogP contribution in [0.4, 0.5) is 21.5 Å². The van der Waals surface area contributed by atoms with Crippen molar-refractivity contribution >= 4 is 66.4 Å². The van der Waals surface area contributed by atoms with Gasteiger partial charge in [-0.05, 0) is 53.1 Å². The Morgan fingerprint density at radius 1 is 0.879 bits per heavy atom. The van der Waals surface area contributed by atoms with Crippen LogP contribution in [0.25, 0.3) is 36.9 Å². The average molecular weight is 1030 g/mol. The molecule has 1 unspecified atom stereocenters. The molecule has 7 aromatic rings. The van der Waals surface area contributed by atoms with Crippen molar-refractivity contribution in [2.45, 2.75) is 103 Å². The van der Waals surface area contributed by atoms with E-state index in [-0.39, 0.29) is 37.4 Å². The molecule has 1 aliphatic heterocycles. The van der Waals surface area contributed by atoms with Gasteiger partial charge < -0.3 is 10.2 Å². The molecule has 0 aliphatic carbocycles. The summed E-state index contributed by atoms with van der Waals surface area (Å²) in [6.07, 6.45) is 2.63. The third-order valence-corrected chi connectivity index (χ3v) is 16.1. The molecule has 0 amide bonds. The number of nitrogens with zero attached hydrogens (tertiary/aromatic N) is 4. The second-order valence-corrected chi connectivity index (χ2v) is 28.5. The van der Waals surface area contributed by atoms with E-state index in [1.54, 1.807) is 11.3 Å². The Labute approximate surface area is 369 Å². The Balaban J connectivity index is 0.000000218. The molecule has 300 valence electrons. The van der Waals surface area contributed by atoms with Gasteiger partial charge in [-0.15, -0.1) is 11.1 Å². The summed E-state index contributed by atoms with van der Waals surface area (Å²) in [6.45, 7) is 13.0. The predicted molar refractivity (Wildman–Crippen MR) is 245 cm³/mol. The van der Waals surface area contributed by atoms with Gasteiger partial charge in [-0.2, -0.15) is 35.1 Å². The maximum atomic E-state index is 14.7. The van der Waals surface area contributed by atoms with Gasteiger partial charge in [-0.25, -0.2) is 4.98 Å². The van der Waals surface area contributed by atoms with Crippen molar-refractivity contribution in [2.24, 2.45) is 0 Å². The Kier molecular flexibility index (Phi) is 12.1. The Bertz CT molecular complexity index is 2660. The Morgan fingerprint density at radius 3 is 2.24 bits per heavy atom. The summed E-state index contributed by atoms with van der Waals surface area (Å²) in [5, 5.41) is 7.72. The molecule has 1 aliphatic rings. The minimum atomic E-state index is -2.49. The van der Waals surface area contributed by atoms with Crippen LogP contribution in [0.3, 0.4) is 0 Å². The molecule has 0 radical (unpaired) electrons. The van der Waals surface area contributed by atoms with Gasteiger partial charge >= 0.3 is 154 Å². The van der Waals surface area contributed by atoms with Gasteiger partial charge in [0.05, 0.1) is 0 Å². The number of anilines is 2. The fraction of sp³-hybridized carbons (Fsp3) is 0.320. The molecule has 8 heteroatoms. The summed E-state index contributed by atoms with van der Waals surface area (Å²) < 4.78 is 39.6. The number of para-hydroxylation sites is 3. The van der Waals surface area contributed by atoms with Gasteiger partial charge in [-0.3, -0.25) is 0 Å². The Morgan fingerprint density at radius 2 is 1.59 bits per heavy atom. The fourth-order valence-corrected chi connectivity index (χ4v) is 12.3. The molecule has 4 heterocycles. The number of rotatable bonds is 8. The van der Waals surface area contributed by atoms with Gasteiger partial charge in [0.15, 0.2) is 0 Å². The monoisotopic (exact) mass is 1030 g/mol. The van der Waals surface area contributed by atoms with Crippen molar-refractivity contribution in [3.63, 3.8) is 0 Å². The van der Waals surface area contributed by atoms with E-state index in [0.29, 0.717) is 23.4 Å². The number of fused-ring (bicyclic) bond motifs is 4. The summed E-state index contributed by atoms with van der Waals surface area (Å²) in [5.74, 6) is 7.22. The second-order valence-electron chi connectivity index (χ2n) is 16.9. The fourth-order valence-electron chi connectivity index (χ4n) is 7.72. The van der Waals surface area contributed by atoms with Gasteiger partial charge in [0.25, 0.3) is 0 Å². The molecule has 0 bridgehead atoms. The minimum absolute atomic E-state index is 0. The third kappa shape index (κ3) is 8.56. The number of aryl methyl sites for hydroxylation is 2. The van der Waals surface area contributed by atoms with E-state index in [1.165, 1.54) is 54.4 Å². The van der Waals surface area contributed by atoms with Gasteiger partial charge in [0.2, 0.25) is 0 Å². The molecule has 0 N–H and O–H groups in total. The van der Waals surface area contributed by atoms with Crippen LogP contribution in [0, 0.1) is 24.8 Å². The molecule has 4 nitrogen and oxygen atoms in total. The Hall–Kier alpha value is -3.88. The summed E-state index contributed by atoms with van der Waals surface area (Å²) in [7, 11) is 0. The van der Waals surface area contributed by atoms with Crippen LogP contribution in [0.1, 0.15) is 110 Å². The first kappa shape index (κ1) is 39.6. The zero-order valence-electron chi connectivity index (χ0n) is 38.1. The summed E-state index contributed by atoms with van der Waals surface area (Å²) in [4.78, 5) is 12.9. The maximum absolute atomic E-state index is 14.7. The van der Waals surface area contributed by atoms with Crippen molar-refractivity contribution in [3.8, 4) is 11.3 Å². The molecular weight excluding hydrogens is 972 g/mol. The molecule has 0 fully saturated rings. The van der Waals surface area contributed by atoms with Crippen LogP contribution < -0.4 is 9.30 Å². The van der Waals surface area contributed by atoms with Crippen molar-refractivity contribution in [3.05, 3.63) is 148 Å². The zero-order valence-corrected chi connectivity index (χ0v) is 40.4. The van der Waals surface area contributed by atoms with Gasteiger partial charge in [0, 0.05) is 17.1 Å². The number of thiophene rings is 1. The largest absolute Gasteiger partial charge is 3.00 e. The molecule has 8 rings (SSSR count). The van der Waals surface area contributed by atoms with E-state index in [1.807, 2.05) is 12.3 Å².